The van der Waals surface area contributed by atoms with Crippen LogP contribution >= 0.6 is 0 Å². The minimum absolute atomic E-state index is 0.0102. The van der Waals surface area contributed by atoms with Crippen LogP contribution in [0, 0.1) is 29.8 Å². The molecule has 1 unspecified atom stereocenters. The number of phenols is 1. The molecule has 2 heterocycles. The Morgan fingerprint density at radius 1 is 1.07 bits per heavy atom. The van der Waals surface area contributed by atoms with Crippen molar-refractivity contribution in [3.63, 3.8) is 0 Å². The molecule has 0 bridgehead atoms. The van der Waals surface area contributed by atoms with Crippen molar-refractivity contribution in [2.75, 3.05) is 40.0 Å². The molecule has 1 aromatic rings. The van der Waals surface area contributed by atoms with Crippen LogP contribution in [0.3, 0.4) is 0 Å². The third kappa shape index (κ3) is 11.9. The number of nitrogens with two attached hydrogens (primary N) is 1. The van der Waals surface area contributed by atoms with Gasteiger partial charge >= 0.3 is 0 Å². The van der Waals surface area contributed by atoms with Crippen molar-refractivity contribution in [2.24, 2.45) is 28.5 Å². The number of hydrogen-bond donors (Lipinski definition) is 8. The molecular formula is C43H69N4O7+. The van der Waals surface area contributed by atoms with Crippen molar-refractivity contribution >= 4 is 5.71 Å². The van der Waals surface area contributed by atoms with E-state index in [4.69, 9.17) is 25.3 Å². The van der Waals surface area contributed by atoms with Gasteiger partial charge in [-0.15, -0.1) is 16.6 Å². The minimum atomic E-state index is -0.950. The highest BCUT2D eigenvalue weighted by molar-refractivity contribution is 6.03. The molecule has 0 amide bonds. The van der Waals surface area contributed by atoms with E-state index in [0.29, 0.717) is 42.7 Å². The maximum absolute atomic E-state index is 11.3. The molecule has 2 aliphatic heterocycles. The predicted octanol–water partition coefficient (Wildman–Crippen LogP) is 4.16. The molecule has 0 aromatic heterocycles. The Hall–Kier alpha value is -2.61. The lowest BCUT2D eigenvalue weighted by Crippen LogP contribution is -2.50. The summed E-state index contributed by atoms with van der Waals surface area (Å²) in [6.07, 6.45) is 18.8. The van der Waals surface area contributed by atoms with Gasteiger partial charge in [-0.05, 0) is 94.9 Å². The van der Waals surface area contributed by atoms with Crippen LogP contribution < -0.4 is 21.1 Å². The van der Waals surface area contributed by atoms with Gasteiger partial charge in [0.25, 0.3) is 0 Å². The maximum Gasteiger partial charge on any atom is 0.208 e. The second kappa shape index (κ2) is 21.6. The van der Waals surface area contributed by atoms with Crippen molar-refractivity contribution in [3.8, 4) is 11.5 Å². The lowest BCUT2D eigenvalue weighted by atomic mass is 9.72. The number of rotatable bonds is 24. The van der Waals surface area contributed by atoms with E-state index in [1.807, 2.05) is 32.2 Å². The Labute approximate surface area is 323 Å². The number of allylic oxidation sites excluding steroid dienone is 1. The molecule has 10 N–H and O–H groups in total. The summed E-state index contributed by atoms with van der Waals surface area (Å²) in [7, 11) is 1.97. The van der Waals surface area contributed by atoms with Gasteiger partial charge < -0.3 is 51.4 Å². The number of hydrogen-bond acceptors (Lipinski definition) is 10. The number of benzene rings is 1. The van der Waals surface area contributed by atoms with Gasteiger partial charge in [-0.3, -0.25) is 0 Å². The van der Waals surface area contributed by atoms with Gasteiger partial charge in [-0.25, -0.2) is 0 Å². The summed E-state index contributed by atoms with van der Waals surface area (Å²) in [4.78, 5) is 4.98. The number of ether oxygens (including phenoxy) is 2. The number of aliphatic hydroxyl groups is 6. The fraction of sp³-hybridized carbons (Fsp3) is 0.698. The number of aryl methyl sites for hydroxylation is 1. The average Bonchev–Trinajstić information content (AvgIpc) is 3.89. The number of phenolic OH excluding ortho intramolecular Hbond substituents is 1. The fourth-order valence-corrected chi connectivity index (χ4v) is 9.11. The van der Waals surface area contributed by atoms with Crippen molar-refractivity contribution in [2.45, 2.75) is 134 Å². The second-order valence-corrected chi connectivity index (χ2v) is 16.2. The van der Waals surface area contributed by atoms with E-state index in [1.165, 1.54) is 25.2 Å². The van der Waals surface area contributed by atoms with Gasteiger partial charge in [0, 0.05) is 51.2 Å². The molecular weight excluding hydrogens is 684 g/mol. The molecule has 2 aliphatic carbocycles. The number of nitrogens with zero attached hydrogens (tertiary/aromatic N) is 1. The first-order valence-electron chi connectivity index (χ1n) is 20.8. The van der Waals surface area contributed by atoms with Crippen LogP contribution in [-0.4, -0.2) is 106 Å². The molecule has 4 aliphatic rings. The van der Waals surface area contributed by atoms with E-state index in [0.717, 1.165) is 93.7 Å². The normalized spacial score (nSPS) is 24.7. The zero-order valence-corrected chi connectivity index (χ0v) is 32.8. The van der Waals surface area contributed by atoms with E-state index in [2.05, 4.69) is 16.7 Å². The minimum Gasteiger partial charge on any atom is -0.504 e. The summed E-state index contributed by atoms with van der Waals surface area (Å²) in [6, 6.07) is 5.67. The number of aliphatic hydroxyl groups excluding tert-OH is 4. The Morgan fingerprint density at radius 3 is 2.67 bits per heavy atom. The summed E-state index contributed by atoms with van der Waals surface area (Å²) in [6.45, 7) is 3.29. The van der Waals surface area contributed by atoms with E-state index in [9.17, 15) is 20.4 Å². The quantitative estimate of drug-likeness (QED) is 0.0436. The molecule has 5 rings (SSSR count). The zero-order chi connectivity index (χ0) is 38.5. The smallest absolute Gasteiger partial charge is 0.208 e. The highest BCUT2D eigenvalue weighted by Gasteiger charge is 2.52. The molecule has 2 saturated carbocycles. The zero-order valence-electron chi connectivity index (χ0n) is 32.8. The van der Waals surface area contributed by atoms with Gasteiger partial charge in [0.05, 0.1) is 18.1 Å². The first-order chi connectivity index (χ1) is 26.2. The number of nitrogens with one attached hydrogen (secondary N) is 2. The average molecular weight is 754 g/mol. The van der Waals surface area contributed by atoms with Crippen LogP contribution in [0.5, 0.6) is 11.5 Å². The molecule has 0 spiro atoms. The van der Waals surface area contributed by atoms with Crippen molar-refractivity contribution in [1.29, 1.82) is 0 Å². The van der Waals surface area contributed by atoms with Crippen LogP contribution in [0.4, 0.5) is 0 Å². The van der Waals surface area contributed by atoms with Crippen molar-refractivity contribution in [3.05, 3.63) is 59.2 Å². The van der Waals surface area contributed by atoms with Crippen LogP contribution in [0.2, 0.25) is 0 Å². The van der Waals surface area contributed by atoms with E-state index >= 15 is 0 Å². The fourth-order valence-electron chi connectivity index (χ4n) is 9.11. The highest BCUT2D eigenvalue weighted by Crippen LogP contribution is 2.50. The Morgan fingerprint density at radius 2 is 1.89 bits per heavy atom. The van der Waals surface area contributed by atoms with Gasteiger partial charge in [0.15, 0.2) is 17.6 Å². The van der Waals surface area contributed by atoms with Gasteiger partial charge in [0.1, 0.15) is 30.4 Å². The molecule has 1 aromatic carbocycles. The molecule has 302 valence electrons. The van der Waals surface area contributed by atoms with Crippen molar-refractivity contribution < 1.29 is 35.0 Å². The van der Waals surface area contributed by atoms with Gasteiger partial charge in [-0.2, -0.15) is 0 Å². The van der Waals surface area contributed by atoms with E-state index in [1.54, 1.807) is 6.07 Å². The summed E-state index contributed by atoms with van der Waals surface area (Å²) < 4.78 is 11.0. The van der Waals surface area contributed by atoms with Gasteiger partial charge in [0.2, 0.25) is 5.70 Å². The van der Waals surface area contributed by atoms with Gasteiger partial charge in [-0.1, -0.05) is 38.2 Å². The lowest BCUT2D eigenvalue weighted by Gasteiger charge is -2.33. The third-order valence-corrected chi connectivity index (χ3v) is 12.0. The number of fused-ring (bicyclic) bond motifs is 2. The summed E-state index contributed by atoms with van der Waals surface area (Å²) >= 11 is 0. The lowest BCUT2D eigenvalue weighted by molar-refractivity contribution is -0.0552. The molecule has 0 radical (unpaired) electrons. The van der Waals surface area contributed by atoms with Crippen LogP contribution in [0.1, 0.15) is 102 Å². The van der Waals surface area contributed by atoms with Crippen LogP contribution in [-0.2, 0) is 6.42 Å². The predicted molar refractivity (Wildman–Crippen MR) is 214 cm³/mol. The van der Waals surface area contributed by atoms with E-state index < -0.39 is 12.2 Å². The largest absolute Gasteiger partial charge is 0.504 e. The summed E-state index contributed by atoms with van der Waals surface area (Å²) in [5, 5.41) is 58.0. The molecule has 11 nitrogen and oxygen atoms in total. The Balaban J connectivity index is 1.12. The molecule has 2 fully saturated rings. The second-order valence-electron chi connectivity index (χ2n) is 16.2. The maximum atomic E-state index is 11.3. The number of aromatic hydroxyl groups is 1. The number of likely N-dealkylation sites (N-methyl/N-ethyl adjacent to an activating group) is 1. The monoisotopic (exact) mass is 754 g/mol. The standard InChI is InChI=1S/C43H68N4O7/c1-28(50)24-46-38(25-45-2)43-34-12-7-9-30(34)16-18-36-35(43)23-37(47-36)40(52)27-53-42-21-29(15-19-39(42)51)14-17-33-22-31(26-49)41(54-33)13-6-4-3-5-10-32(44)11-8-20-48/h15,19,21-23,28,30,32,34,38,40-41,43,45-46,48-50,52,54H,3-14,16-18,20,24-27,44H2,1-2H3/p+1/t28-,30+,32-,34-,38-,40-,41?,43-/m0/s1. The Bertz CT molecular complexity index is 1390. The van der Waals surface area contributed by atoms with Crippen LogP contribution in [0.25, 0.3) is 0 Å². The molecule has 11 heteroatoms. The first kappa shape index (κ1) is 42.5. The topological polar surface area (TPSA) is 186 Å². The molecule has 0 saturated heterocycles. The first-order valence-corrected chi connectivity index (χ1v) is 20.8. The number of unbranched alkanes of at least 4 members (excludes halogenated alkanes) is 3. The van der Waals surface area contributed by atoms with Crippen molar-refractivity contribution in [1.82, 2.24) is 10.6 Å². The highest BCUT2D eigenvalue weighted by atomic mass is 16.5. The third-order valence-electron chi connectivity index (χ3n) is 12.0. The summed E-state index contributed by atoms with van der Waals surface area (Å²) in [5.74, 6) is 3.01. The van der Waals surface area contributed by atoms with E-state index in [-0.39, 0.29) is 49.7 Å². The van der Waals surface area contributed by atoms with Crippen LogP contribution in [0.15, 0.2) is 46.6 Å². The SMILES string of the molecule is CNC[C@H](NC[C@H](C)O)[C@@H]1[C+]2C=C([C@@H](O)COc3cc(CC[C-]4C=C(CO)C(CCCCCC[C@H](N)CCCO)[OH+]4)ccc3O)N=C2CC[C@H]2CCC[C@@H]21. The molecule has 8 atom stereocenters. The summed E-state index contributed by atoms with van der Waals surface area (Å²) in [5.41, 5.74) is 9.76. The number of aliphatic imine (C=N–C) groups is 1. The Kier molecular flexibility index (Phi) is 17.0. The molecule has 54 heavy (non-hydrogen) atoms.